The first-order valence-corrected chi connectivity index (χ1v) is 11.0. The molecule has 0 bridgehead atoms. The molecule has 0 aliphatic carbocycles. The van der Waals surface area contributed by atoms with E-state index in [0.717, 1.165) is 22.3 Å². The minimum Gasteiger partial charge on any atom is -0.323 e. The minimum absolute atomic E-state index is 0.101. The number of fused-ring (bicyclic) bond motifs is 1. The predicted molar refractivity (Wildman–Crippen MR) is 122 cm³/mol. The van der Waals surface area contributed by atoms with Crippen molar-refractivity contribution in [3.05, 3.63) is 64.3 Å². The smallest absolute Gasteiger partial charge is 0.323 e. The maximum absolute atomic E-state index is 12.9. The van der Waals surface area contributed by atoms with E-state index in [4.69, 9.17) is 11.6 Å². The SMILES string of the molecule is CCCn1c(=O)n(CC(=O)Nc2cc(Cl)ccc2Sc2nncn2C)c2ccccc21. The molecule has 2 heterocycles. The van der Waals surface area contributed by atoms with Gasteiger partial charge in [0, 0.05) is 23.5 Å². The van der Waals surface area contributed by atoms with Gasteiger partial charge in [-0.1, -0.05) is 30.7 Å². The number of imidazole rings is 1. The van der Waals surface area contributed by atoms with E-state index in [9.17, 15) is 9.59 Å². The van der Waals surface area contributed by atoms with Crippen LogP contribution in [0.25, 0.3) is 11.0 Å². The molecule has 4 aromatic rings. The molecule has 1 N–H and O–H groups in total. The molecule has 0 radical (unpaired) electrons. The number of nitrogens with one attached hydrogen (secondary N) is 1. The van der Waals surface area contributed by atoms with Crippen LogP contribution in [-0.2, 0) is 24.9 Å². The Bertz CT molecular complexity index is 1310. The normalized spacial score (nSPS) is 11.2. The van der Waals surface area contributed by atoms with Crippen molar-refractivity contribution in [2.45, 2.75) is 36.5 Å². The van der Waals surface area contributed by atoms with Crippen LogP contribution in [0.5, 0.6) is 0 Å². The Labute approximate surface area is 187 Å². The molecule has 0 aliphatic rings. The third kappa shape index (κ3) is 4.38. The van der Waals surface area contributed by atoms with Crippen molar-refractivity contribution in [1.29, 1.82) is 0 Å². The van der Waals surface area contributed by atoms with Crippen molar-refractivity contribution in [2.24, 2.45) is 7.05 Å². The fourth-order valence-corrected chi connectivity index (χ4v) is 4.35. The first-order valence-electron chi connectivity index (χ1n) is 9.77. The summed E-state index contributed by atoms with van der Waals surface area (Å²) in [5, 5.41) is 12.0. The number of halogens is 1. The van der Waals surface area contributed by atoms with Gasteiger partial charge in [0.05, 0.1) is 16.7 Å². The number of rotatable bonds is 7. The largest absolute Gasteiger partial charge is 0.329 e. The van der Waals surface area contributed by atoms with Gasteiger partial charge in [-0.25, -0.2) is 4.79 Å². The first kappa shape index (κ1) is 21.2. The van der Waals surface area contributed by atoms with E-state index in [0.29, 0.717) is 22.4 Å². The van der Waals surface area contributed by atoms with Gasteiger partial charge in [0.1, 0.15) is 12.9 Å². The summed E-state index contributed by atoms with van der Waals surface area (Å²) in [5.74, 6) is -0.316. The fraction of sp³-hybridized carbons (Fsp3) is 0.238. The molecule has 0 fully saturated rings. The standard InChI is InChI=1S/C21H21ClN6O2S/c1-3-10-27-16-6-4-5-7-17(16)28(21(27)30)12-19(29)24-15-11-14(22)8-9-18(15)31-20-25-23-13-26(20)2/h4-9,11,13H,3,10,12H2,1-2H3,(H,24,29). The number of nitrogens with zero attached hydrogens (tertiary/aromatic N) is 5. The van der Waals surface area contributed by atoms with Gasteiger partial charge < -0.3 is 9.88 Å². The number of hydrogen-bond donors (Lipinski definition) is 1. The number of aryl methyl sites for hydroxylation is 2. The molecule has 10 heteroatoms. The zero-order chi connectivity index (χ0) is 22.0. The van der Waals surface area contributed by atoms with Crippen molar-refractivity contribution in [1.82, 2.24) is 23.9 Å². The molecule has 2 aromatic carbocycles. The molecule has 0 atom stereocenters. The highest BCUT2D eigenvalue weighted by atomic mass is 35.5. The Morgan fingerprint density at radius 1 is 1.16 bits per heavy atom. The Hall–Kier alpha value is -3.04. The van der Waals surface area contributed by atoms with Gasteiger partial charge in [-0.05, 0) is 48.5 Å². The lowest BCUT2D eigenvalue weighted by molar-refractivity contribution is -0.116. The molecule has 0 saturated carbocycles. The van der Waals surface area contributed by atoms with Gasteiger partial charge >= 0.3 is 5.69 Å². The highest BCUT2D eigenvalue weighted by molar-refractivity contribution is 7.99. The highest BCUT2D eigenvalue weighted by Gasteiger charge is 2.17. The summed E-state index contributed by atoms with van der Waals surface area (Å²) in [6, 6.07) is 12.7. The van der Waals surface area contributed by atoms with E-state index in [-0.39, 0.29) is 18.1 Å². The molecule has 4 rings (SSSR count). The number of amides is 1. The highest BCUT2D eigenvalue weighted by Crippen LogP contribution is 2.34. The van der Waals surface area contributed by atoms with Crippen LogP contribution >= 0.6 is 23.4 Å². The summed E-state index contributed by atoms with van der Waals surface area (Å²) in [5.41, 5.74) is 1.91. The van der Waals surface area contributed by atoms with E-state index in [1.165, 1.54) is 16.3 Å². The van der Waals surface area contributed by atoms with Gasteiger partial charge in [-0.15, -0.1) is 10.2 Å². The second kappa shape index (κ2) is 8.99. The number of carbonyl (C=O) groups is 1. The Kier molecular flexibility index (Phi) is 6.15. The van der Waals surface area contributed by atoms with Gasteiger partial charge in [-0.3, -0.25) is 13.9 Å². The van der Waals surface area contributed by atoms with E-state index < -0.39 is 0 Å². The van der Waals surface area contributed by atoms with Crippen LogP contribution in [0.1, 0.15) is 13.3 Å². The van der Waals surface area contributed by atoms with Crippen LogP contribution < -0.4 is 11.0 Å². The number of carbonyl (C=O) groups excluding carboxylic acids is 1. The average molecular weight is 457 g/mol. The first-order chi connectivity index (χ1) is 15.0. The topological polar surface area (TPSA) is 86.7 Å². The van der Waals surface area contributed by atoms with E-state index in [2.05, 4.69) is 15.5 Å². The second-order valence-electron chi connectivity index (χ2n) is 7.02. The number of aromatic nitrogens is 5. The monoisotopic (exact) mass is 456 g/mol. The Balaban J connectivity index is 1.62. The minimum atomic E-state index is -0.316. The van der Waals surface area contributed by atoms with Crippen LogP contribution in [0.3, 0.4) is 0 Å². The van der Waals surface area contributed by atoms with Crippen LogP contribution in [0.4, 0.5) is 5.69 Å². The molecule has 160 valence electrons. The van der Waals surface area contributed by atoms with E-state index in [1.807, 2.05) is 44.3 Å². The molecule has 2 aromatic heterocycles. The number of hydrogen-bond acceptors (Lipinski definition) is 5. The van der Waals surface area contributed by atoms with Crippen molar-refractivity contribution < 1.29 is 4.79 Å². The number of anilines is 1. The van der Waals surface area contributed by atoms with Crippen molar-refractivity contribution in [3.63, 3.8) is 0 Å². The lowest BCUT2D eigenvalue weighted by Crippen LogP contribution is -2.29. The van der Waals surface area contributed by atoms with Gasteiger partial charge in [0.15, 0.2) is 5.16 Å². The molecule has 0 spiro atoms. The van der Waals surface area contributed by atoms with Crippen molar-refractivity contribution in [2.75, 3.05) is 5.32 Å². The van der Waals surface area contributed by atoms with Gasteiger partial charge in [0.2, 0.25) is 5.91 Å². The molecular formula is C21H21ClN6O2S. The van der Waals surface area contributed by atoms with E-state index in [1.54, 1.807) is 27.6 Å². The summed E-state index contributed by atoms with van der Waals surface area (Å²) in [6.45, 7) is 2.51. The summed E-state index contributed by atoms with van der Waals surface area (Å²) >= 11 is 7.53. The number of benzene rings is 2. The van der Waals surface area contributed by atoms with Crippen molar-refractivity contribution >= 4 is 46.0 Å². The molecule has 0 aliphatic heterocycles. The third-order valence-electron chi connectivity index (χ3n) is 4.76. The summed E-state index contributed by atoms with van der Waals surface area (Å²) in [7, 11) is 1.84. The Morgan fingerprint density at radius 3 is 2.58 bits per heavy atom. The zero-order valence-electron chi connectivity index (χ0n) is 17.1. The lowest BCUT2D eigenvalue weighted by Gasteiger charge is -2.11. The maximum atomic E-state index is 12.9. The van der Waals surface area contributed by atoms with Gasteiger partial charge in [0.25, 0.3) is 0 Å². The van der Waals surface area contributed by atoms with Crippen LogP contribution in [0.2, 0.25) is 5.02 Å². The predicted octanol–water partition coefficient (Wildman–Crippen LogP) is 3.78. The quantitative estimate of drug-likeness (QED) is 0.457. The molecular weight excluding hydrogens is 436 g/mol. The molecule has 8 nitrogen and oxygen atoms in total. The Morgan fingerprint density at radius 2 is 1.90 bits per heavy atom. The average Bonchev–Trinajstić information content (AvgIpc) is 3.26. The fourth-order valence-electron chi connectivity index (χ4n) is 3.35. The molecule has 31 heavy (non-hydrogen) atoms. The number of para-hydroxylation sites is 2. The summed E-state index contributed by atoms with van der Waals surface area (Å²) in [6.07, 6.45) is 2.43. The van der Waals surface area contributed by atoms with Crippen LogP contribution in [-0.4, -0.2) is 29.8 Å². The summed E-state index contributed by atoms with van der Waals surface area (Å²) in [4.78, 5) is 26.6. The molecule has 0 unspecified atom stereocenters. The summed E-state index contributed by atoms with van der Waals surface area (Å²) < 4.78 is 4.99. The lowest BCUT2D eigenvalue weighted by atomic mass is 10.3. The van der Waals surface area contributed by atoms with Crippen LogP contribution in [0.15, 0.2) is 63.6 Å². The third-order valence-corrected chi connectivity index (χ3v) is 6.12. The van der Waals surface area contributed by atoms with Crippen LogP contribution in [0, 0.1) is 0 Å². The molecule has 0 saturated heterocycles. The zero-order valence-corrected chi connectivity index (χ0v) is 18.7. The van der Waals surface area contributed by atoms with Gasteiger partial charge in [-0.2, -0.15) is 0 Å². The second-order valence-corrected chi connectivity index (χ2v) is 8.47. The maximum Gasteiger partial charge on any atom is 0.329 e. The van der Waals surface area contributed by atoms with Crippen molar-refractivity contribution in [3.8, 4) is 0 Å². The molecule has 1 amide bonds. The van der Waals surface area contributed by atoms with E-state index >= 15 is 0 Å².